The van der Waals surface area contributed by atoms with Crippen LogP contribution in [0.2, 0.25) is 0 Å². The topological polar surface area (TPSA) is 100 Å². The minimum absolute atomic E-state index is 0.0379. The fourth-order valence-corrected chi connectivity index (χ4v) is 8.01. The van der Waals surface area contributed by atoms with Gasteiger partial charge < -0.3 is 25.0 Å². The number of benzene rings is 3. The van der Waals surface area contributed by atoms with Crippen molar-refractivity contribution in [2.75, 3.05) is 52.7 Å². The molecule has 3 fully saturated rings. The van der Waals surface area contributed by atoms with E-state index in [9.17, 15) is 14.4 Å². The Morgan fingerprint density at radius 3 is 2.35 bits per heavy atom. The minimum Gasteiger partial charge on any atom is -0.355 e. The summed E-state index contributed by atoms with van der Waals surface area (Å²) in [5.74, 6) is -0.295. The number of ether oxygens (including phenoxy) is 2. The van der Waals surface area contributed by atoms with Crippen molar-refractivity contribution in [3.63, 3.8) is 0 Å². The van der Waals surface area contributed by atoms with Gasteiger partial charge in [0.1, 0.15) is 12.3 Å². The second kappa shape index (κ2) is 16.1. The Bertz CT molecular complexity index is 1600. The number of nitrogens with zero attached hydrogens (tertiary/aromatic N) is 2. The number of nitrogens with one attached hydrogen (secondary N) is 2. The third kappa shape index (κ3) is 8.71. The first-order valence-corrected chi connectivity index (χ1v) is 18.6. The number of carbonyl (C=O) groups excluding carboxylic acids is 3. The summed E-state index contributed by atoms with van der Waals surface area (Å²) in [5, 5.41) is 8.22. The maximum Gasteiger partial charge on any atom is 0.324 e. The highest BCUT2D eigenvalue weighted by Crippen LogP contribution is 2.33. The number of imide groups is 1. The molecular formula is C39H49BrN4O5. The summed E-state index contributed by atoms with van der Waals surface area (Å²) >= 11 is 3.51. The molecule has 1 aliphatic carbocycles. The molecule has 1 saturated carbocycles. The van der Waals surface area contributed by atoms with Crippen LogP contribution in [0.25, 0.3) is 10.8 Å². The second-order valence-electron chi connectivity index (χ2n) is 14.2. The van der Waals surface area contributed by atoms with E-state index in [0.717, 1.165) is 85.8 Å². The lowest BCUT2D eigenvalue weighted by Crippen LogP contribution is -2.61. The zero-order valence-electron chi connectivity index (χ0n) is 28.6. The number of urea groups is 1. The average Bonchev–Trinajstić information content (AvgIpc) is 3.61. The first-order valence-electron chi connectivity index (χ1n) is 17.8. The SMILES string of the molecule is CCC1(CN2CCC(CNC(=O)N(CCc3ccccc3)C(=O)C3(NC(=O)c4ccc5cc(Br)ccc5c4)CCCC3)CC2)COCOC1. The number of amides is 4. The van der Waals surface area contributed by atoms with E-state index < -0.39 is 5.54 Å². The van der Waals surface area contributed by atoms with E-state index in [1.54, 1.807) is 6.07 Å². The fourth-order valence-electron chi connectivity index (χ4n) is 7.63. The van der Waals surface area contributed by atoms with Crippen LogP contribution in [0.15, 0.2) is 71.2 Å². The Morgan fingerprint density at radius 2 is 1.63 bits per heavy atom. The average molecular weight is 734 g/mol. The van der Waals surface area contributed by atoms with Crippen LogP contribution in [-0.4, -0.2) is 85.9 Å². The van der Waals surface area contributed by atoms with E-state index in [0.29, 0.717) is 44.1 Å². The van der Waals surface area contributed by atoms with E-state index in [1.165, 1.54) is 4.90 Å². The van der Waals surface area contributed by atoms with Gasteiger partial charge in [0.15, 0.2) is 0 Å². The van der Waals surface area contributed by atoms with Gasteiger partial charge in [-0.15, -0.1) is 0 Å². The van der Waals surface area contributed by atoms with Gasteiger partial charge in [-0.1, -0.05) is 78.2 Å². The predicted molar refractivity (Wildman–Crippen MR) is 194 cm³/mol. The van der Waals surface area contributed by atoms with Crippen molar-refractivity contribution in [1.82, 2.24) is 20.4 Å². The molecule has 9 nitrogen and oxygen atoms in total. The van der Waals surface area contributed by atoms with Crippen LogP contribution in [0.1, 0.15) is 67.8 Å². The monoisotopic (exact) mass is 732 g/mol. The molecule has 3 aromatic carbocycles. The first-order chi connectivity index (χ1) is 23.8. The molecule has 0 aromatic heterocycles. The second-order valence-corrected chi connectivity index (χ2v) is 15.1. The molecule has 0 spiro atoms. The molecular weight excluding hydrogens is 684 g/mol. The zero-order chi connectivity index (χ0) is 34.3. The number of fused-ring (bicyclic) bond motifs is 1. The van der Waals surface area contributed by atoms with E-state index >= 15 is 0 Å². The minimum atomic E-state index is -1.13. The number of hydrogen-bond acceptors (Lipinski definition) is 6. The lowest BCUT2D eigenvalue weighted by molar-refractivity contribution is -0.172. The smallest absolute Gasteiger partial charge is 0.324 e. The van der Waals surface area contributed by atoms with E-state index in [2.05, 4.69) is 38.4 Å². The van der Waals surface area contributed by atoms with E-state index in [1.807, 2.05) is 60.7 Å². The summed E-state index contributed by atoms with van der Waals surface area (Å²) in [6, 6.07) is 21.0. The van der Waals surface area contributed by atoms with Gasteiger partial charge in [-0.3, -0.25) is 14.5 Å². The van der Waals surface area contributed by atoms with Crippen LogP contribution >= 0.6 is 15.9 Å². The quantitative estimate of drug-likeness (QED) is 0.232. The third-order valence-electron chi connectivity index (χ3n) is 10.8. The number of carbonyl (C=O) groups is 3. The predicted octanol–water partition coefficient (Wildman–Crippen LogP) is 6.54. The highest BCUT2D eigenvalue weighted by molar-refractivity contribution is 9.10. The van der Waals surface area contributed by atoms with Gasteiger partial charge in [0.2, 0.25) is 0 Å². The molecule has 262 valence electrons. The molecule has 2 heterocycles. The molecule has 2 N–H and O–H groups in total. The van der Waals surface area contributed by atoms with Gasteiger partial charge in [-0.25, -0.2) is 4.79 Å². The maximum atomic E-state index is 14.5. The van der Waals surface area contributed by atoms with Crippen molar-refractivity contribution in [2.24, 2.45) is 11.3 Å². The maximum absolute atomic E-state index is 14.5. The molecule has 0 unspecified atom stereocenters. The molecule has 3 aliphatic rings. The Balaban J connectivity index is 1.12. The molecule has 3 aromatic rings. The molecule has 6 rings (SSSR count). The lowest BCUT2D eigenvalue weighted by atomic mass is 9.84. The van der Waals surface area contributed by atoms with Crippen molar-refractivity contribution in [2.45, 2.75) is 63.8 Å². The molecule has 0 bridgehead atoms. The summed E-state index contributed by atoms with van der Waals surface area (Å²) in [7, 11) is 0. The molecule has 10 heteroatoms. The summed E-state index contributed by atoms with van der Waals surface area (Å²) in [6.07, 6.45) is 6.12. The van der Waals surface area contributed by atoms with Crippen molar-refractivity contribution in [3.05, 3.63) is 82.3 Å². The number of hydrogen-bond donors (Lipinski definition) is 2. The van der Waals surface area contributed by atoms with Crippen LogP contribution in [0, 0.1) is 11.3 Å². The number of rotatable bonds is 11. The molecule has 0 atom stereocenters. The largest absolute Gasteiger partial charge is 0.355 e. The number of likely N-dealkylation sites (tertiary alicyclic amines) is 1. The third-order valence-corrected chi connectivity index (χ3v) is 11.3. The van der Waals surface area contributed by atoms with Crippen LogP contribution in [-0.2, 0) is 20.7 Å². The number of piperidine rings is 1. The van der Waals surface area contributed by atoms with Crippen LogP contribution in [0.5, 0.6) is 0 Å². The standard InChI is InChI=1S/C39H49BrN4O5/c1-2-38(26-48-28-49-27-38)25-43-19-14-30(15-20-43)24-41-37(47)44(21-16-29-8-4-3-5-9-29)36(46)39(17-6-7-18-39)42-35(45)33-11-10-32-23-34(40)13-12-31(32)22-33/h3-5,8-13,22-23,30H,2,6-7,14-21,24-28H2,1H3,(H,41,47)(H,42,45). The van der Waals surface area contributed by atoms with Gasteiger partial charge in [0.05, 0.1) is 13.2 Å². The van der Waals surface area contributed by atoms with Gasteiger partial charge in [0, 0.05) is 35.1 Å². The van der Waals surface area contributed by atoms with Crippen LogP contribution < -0.4 is 10.6 Å². The Hall–Kier alpha value is -3.31. The first kappa shape index (κ1) is 35.5. The molecule has 49 heavy (non-hydrogen) atoms. The van der Waals surface area contributed by atoms with Crippen LogP contribution in [0.3, 0.4) is 0 Å². The van der Waals surface area contributed by atoms with E-state index in [4.69, 9.17) is 9.47 Å². The van der Waals surface area contributed by atoms with Gasteiger partial charge in [-0.2, -0.15) is 0 Å². The van der Waals surface area contributed by atoms with Crippen molar-refractivity contribution in [3.8, 4) is 0 Å². The Morgan fingerprint density at radius 1 is 0.939 bits per heavy atom. The molecule has 4 amide bonds. The fraction of sp³-hybridized carbons (Fsp3) is 0.513. The molecule has 0 radical (unpaired) electrons. The van der Waals surface area contributed by atoms with E-state index in [-0.39, 0.29) is 29.8 Å². The van der Waals surface area contributed by atoms with Gasteiger partial charge in [0.25, 0.3) is 11.8 Å². The van der Waals surface area contributed by atoms with Crippen molar-refractivity contribution in [1.29, 1.82) is 0 Å². The normalized spacial score (nSPS) is 19.4. The van der Waals surface area contributed by atoms with Crippen LogP contribution in [0.4, 0.5) is 4.79 Å². The van der Waals surface area contributed by atoms with Crippen molar-refractivity contribution < 1.29 is 23.9 Å². The summed E-state index contributed by atoms with van der Waals surface area (Å²) in [5.41, 5.74) is 0.448. The highest BCUT2D eigenvalue weighted by Gasteiger charge is 2.46. The lowest BCUT2D eigenvalue weighted by Gasteiger charge is -2.42. The highest BCUT2D eigenvalue weighted by atomic mass is 79.9. The van der Waals surface area contributed by atoms with Crippen molar-refractivity contribution >= 4 is 44.5 Å². The summed E-state index contributed by atoms with van der Waals surface area (Å²) < 4.78 is 12.3. The summed E-state index contributed by atoms with van der Waals surface area (Å²) in [4.78, 5) is 46.0. The number of halogens is 1. The van der Waals surface area contributed by atoms with Gasteiger partial charge >= 0.3 is 6.03 Å². The molecule has 2 saturated heterocycles. The Labute approximate surface area is 298 Å². The van der Waals surface area contributed by atoms with Gasteiger partial charge in [-0.05, 0) is 98.1 Å². The summed E-state index contributed by atoms with van der Waals surface area (Å²) in [6.45, 7) is 7.66. The zero-order valence-corrected chi connectivity index (χ0v) is 30.1. The molecule has 2 aliphatic heterocycles. The Kier molecular flexibility index (Phi) is 11.7.